The van der Waals surface area contributed by atoms with Gasteiger partial charge in [0, 0.05) is 12.8 Å². The lowest BCUT2D eigenvalue weighted by Crippen LogP contribution is -2.45. The summed E-state index contributed by atoms with van der Waals surface area (Å²) < 4.78 is 5.42. The van der Waals surface area contributed by atoms with Gasteiger partial charge in [-0.25, -0.2) is 0 Å². The zero-order valence-corrected chi connectivity index (χ0v) is 44.4. The lowest BCUT2D eigenvalue weighted by Gasteiger charge is -2.20. The molecule has 0 heterocycles. The quantitative estimate of drug-likeness (QED) is 0.0321. The van der Waals surface area contributed by atoms with E-state index in [1.165, 1.54) is 205 Å². The van der Waals surface area contributed by atoms with Crippen molar-refractivity contribution in [2.75, 3.05) is 13.2 Å². The van der Waals surface area contributed by atoms with Crippen LogP contribution in [0.3, 0.4) is 0 Å². The average molecular weight is 939 g/mol. The van der Waals surface area contributed by atoms with Gasteiger partial charge in [-0.05, 0) is 83.5 Å². The molecule has 0 saturated carbocycles. The first-order valence-electron chi connectivity index (χ1n) is 29.1. The molecule has 0 aromatic rings. The Balaban J connectivity index is 3.47. The van der Waals surface area contributed by atoms with Crippen LogP contribution in [0.5, 0.6) is 0 Å². The van der Waals surface area contributed by atoms with Crippen LogP contribution in [0.15, 0.2) is 60.8 Å². The van der Waals surface area contributed by atoms with Crippen molar-refractivity contribution in [3.63, 3.8) is 0 Å². The van der Waals surface area contributed by atoms with Gasteiger partial charge in [-0.1, -0.05) is 254 Å². The molecule has 1 amide bonds. The molecule has 6 nitrogen and oxygen atoms in total. The van der Waals surface area contributed by atoms with Gasteiger partial charge in [0.1, 0.15) is 0 Å². The maximum Gasteiger partial charge on any atom is 0.305 e. The van der Waals surface area contributed by atoms with Crippen LogP contribution >= 0.6 is 0 Å². The van der Waals surface area contributed by atoms with E-state index in [0.29, 0.717) is 19.4 Å². The highest BCUT2D eigenvalue weighted by Crippen LogP contribution is 2.16. The summed E-state index contributed by atoms with van der Waals surface area (Å²) >= 11 is 0. The molecule has 2 atom stereocenters. The van der Waals surface area contributed by atoms with Crippen molar-refractivity contribution >= 4 is 11.9 Å². The monoisotopic (exact) mass is 938 g/mol. The van der Waals surface area contributed by atoms with E-state index in [1.54, 1.807) is 6.08 Å². The number of rotatable bonds is 53. The molecule has 390 valence electrons. The minimum absolute atomic E-state index is 0.0441. The number of unbranched alkanes of at least 4 members (excludes halogenated alkanes) is 34. The number of aliphatic hydroxyl groups excluding tert-OH is 2. The average Bonchev–Trinajstić information content (AvgIpc) is 3.33. The van der Waals surface area contributed by atoms with Crippen LogP contribution in [0.4, 0.5) is 0 Å². The van der Waals surface area contributed by atoms with Crippen LogP contribution in [-0.2, 0) is 14.3 Å². The number of allylic oxidation sites excluding steroid dienone is 8. The summed E-state index contributed by atoms with van der Waals surface area (Å²) in [4.78, 5) is 24.5. The first-order chi connectivity index (χ1) is 33.0. The predicted octanol–water partition coefficient (Wildman–Crippen LogP) is 18.0. The number of nitrogens with one attached hydrogen (secondary N) is 1. The molecule has 0 spiro atoms. The van der Waals surface area contributed by atoms with E-state index in [4.69, 9.17) is 4.74 Å². The molecule has 67 heavy (non-hydrogen) atoms. The zero-order chi connectivity index (χ0) is 48.6. The highest BCUT2D eigenvalue weighted by molar-refractivity contribution is 5.76. The Hall–Kier alpha value is -2.44. The first-order valence-corrected chi connectivity index (χ1v) is 29.1. The number of hydrogen-bond acceptors (Lipinski definition) is 5. The molecule has 0 saturated heterocycles. The highest BCUT2D eigenvalue weighted by Gasteiger charge is 2.18. The van der Waals surface area contributed by atoms with Crippen LogP contribution in [0.2, 0.25) is 0 Å². The van der Waals surface area contributed by atoms with Gasteiger partial charge in [0.15, 0.2) is 0 Å². The van der Waals surface area contributed by atoms with Gasteiger partial charge >= 0.3 is 5.97 Å². The summed E-state index contributed by atoms with van der Waals surface area (Å²) in [5.74, 6) is -0.119. The van der Waals surface area contributed by atoms with Crippen LogP contribution in [0.25, 0.3) is 0 Å². The molecular formula is C61H111NO5. The van der Waals surface area contributed by atoms with Crippen LogP contribution in [0, 0.1) is 0 Å². The molecule has 0 radical (unpaired) electrons. The zero-order valence-electron chi connectivity index (χ0n) is 44.4. The molecule has 0 aliphatic carbocycles. The third-order valence-corrected chi connectivity index (χ3v) is 13.0. The second-order valence-electron chi connectivity index (χ2n) is 19.6. The normalized spacial score (nSPS) is 13.1. The molecule has 0 fully saturated rings. The van der Waals surface area contributed by atoms with Crippen molar-refractivity contribution in [3.8, 4) is 0 Å². The summed E-state index contributed by atoms with van der Waals surface area (Å²) in [5.41, 5.74) is 0. The Morgan fingerprint density at radius 1 is 0.418 bits per heavy atom. The molecule has 0 bridgehead atoms. The predicted molar refractivity (Wildman–Crippen MR) is 292 cm³/mol. The van der Waals surface area contributed by atoms with E-state index >= 15 is 0 Å². The van der Waals surface area contributed by atoms with Gasteiger partial charge in [-0.3, -0.25) is 9.59 Å². The third kappa shape index (κ3) is 52.8. The molecule has 0 aliphatic heterocycles. The smallest absolute Gasteiger partial charge is 0.305 e. The number of carbonyl (C=O) groups excluding carboxylic acids is 2. The van der Waals surface area contributed by atoms with Gasteiger partial charge in [-0.15, -0.1) is 0 Å². The van der Waals surface area contributed by atoms with Crippen LogP contribution < -0.4 is 5.32 Å². The lowest BCUT2D eigenvalue weighted by atomic mass is 10.0. The molecule has 3 N–H and O–H groups in total. The van der Waals surface area contributed by atoms with Crippen molar-refractivity contribution in [3.05, 3.63) is 60.8 Å². The van der Waals surface area contributed by atoms with Crippen molar-refractivity contribution in [2.45, 2.75) is 302 Å². The molecule has 0 aliphatic rings. The van der Waals surface area contributed by atoms with Crippen LogP contribution in [-0.4, -0.2) is 47.4 Å². The Morgan fingerprint density at radius 2 is 0.746 bits per heavy atom. The molecular weight excluding hydrogens is 827 g/mol. The van der Waals surface area contributed by atoms with Gasteiger partial charge in [0.05, 0.1) is 25.4 Å². The SMILES string of the molecule is CCCCCC/C=C\C/C=C\CCCCCCCCCC(=O)OCC/C=C\C/C=C\CCCCCCCCCCCCCCCCC(=O)NC(CO)C(O)/C=C/CCCCCCCCCCC. The van der Waals surface area contributed by atoms with Gasteiger partial charge in [0.2, 0.25) is 5.91 Å². The lowest BCUT2D eigenvalue weighted by molar-refractivity contribution is -0.143. The summed E-state index contributed by atoms with van der Waals surface area (Å²) in [7, 11) is 0. The van der Waals surface area contributed by atoms with Crippen molar-refractivity contribution in [1.29, 1.82) is 0 Å². The second-order valence-corrected chi connectivity index (χ2v) is 19.6. The second kappa shape index (κ2) is 56.2. The van der Waals surface area contributed by atoms with E-state index in [2.05, 4.69) is 67.8 Å². The fourth-order valence-corrected chi connectivity index (χ4v) is 8.56. The number of hydrogen-bond donors (Lipinski definition) is 3. The summed E-state index contributed by atoms with van der Waals surface area (Å²) in [6.07, 6.45) is 72.6. The minimum atomic E-state index is -0.848. The number of ether oxygens (including phenoxy) is 1. The first kappa shape index (κ1) is 64.6. The Kier molecular flexibility index (Phi) is 54.1. The van der Waals surface area contributed by atoms with E-state index in [9.17, 15) is 19.8 Å². The Labute approximate surface area is 416 Å². The van der Waals surface area contributed by atoms with Gasteiger partial charge in [-0.2, -0.15) is 0 Å². The van der Waals surface area contributed by atoms with E-state index in [-0.39, 0.29) is 18.5 Å². The van der Waals surface area contributed by atoms with Gasteiger partial charge < -0.3 is 20.3 Å². The number of aliphatic hydroxyl groups is 2. The third-order valence-electron chi connectivity index (χ3n) is 13.0. The molecule has 6 heteroatoms. The van der Waals surface area contributed by atoms with Crippen LogP contribution in [0.1, 0.15) is 290 Å². The number of esters is 1. The van der Waals surface area contributed by atoms with Crippen molar-refractivity contribution < 1.29 is 24.5 Å². The molecule has 0 aromatic carbocycles. The Bertz CT molecular complexity index is 1170. The number of amides is 1. The maximum absolute atomic E-state index is 12.4. The van der Waals surface area contributed by atoms with E-state index in [0.717, 1.165) is 57.8 Å². The van der Waals surface area contributed by atoms with Gasteiger partial charge in [0.25, 0.3) is 0 Å². The fraction of sp³-hybridized carbons (Fsp3) is 0.803. The standard InChI is InChI=1S/C61H111NO5/c1-3-5-7-9-11-13-15-16-17-18-25-28-31-35-39-43-47-51-55-61(66)67-56-52-48-44-40-36-32-29-26-23-21-19-20-22-24-27-30-34-38-42-46-50-54-60(65)62-58(57-63)59(64)53-49-45-41-37-33-14-12-10-8-6-4-2/h13,15,17-18,32,36,44,48-49,53,58-59,63-64H,3-12,14,16,19-31,33-35,37-43,45-47,50-52,54-57H2,1-2H3,(H,62,65)/b15-13-,18-17-,36-32-,48-44-,53-49+. The maximum atomic E-state index is 12.4. The van der Waals surface area contributed by atoms with E-state index in [1.807, 2.05) is 6.08 Å². The summed E-state index contributed by atoms with van der Waals surface area (Å²) in [6.45, 7) is 4.76. The van der Waals surface area contributed by atoms with Crippen molar-refractivity contribution in [2.24, 2.45) is 0 Å². The molecule has 2 unspecified atom stereocenters. The van der Waals surface area contributed by atoms with Crippen molar-refractivity contribution in [1.82, 2.24) is 5.32 Å². The largest absolute Gasteiger partial charge is 0.465 e. The minimum Gasteiger partial charge on any atom is -0.465 e. The summed E-state index contributed by atoms with van der Waals surface area (Å²) in [5, 5.41) is 23.0. The summed E-state index contributed by atoms with van der Waals surface area (Å²) in [6, 6.07) is -0.632. The molecule has 0 rings (SSSR count). The fourth-order valence-electron chi connectivity index (χ4n) is 8.56. The number of carbonyl (C=O) groups is 2. The highest BCUT2D eigenvalue weighted by atomic mass is 16.5. The topological polar surface area (TPSA) is 95.9 Å². The molecule has 0 aromatic heterocycles. The van der Waals surface area contributed by atoms with E-state index < -0.39 is 12.1 Å². The Morgan fingerprint density at radius 3 is 1.15 bits per heavy atom.